The minimum Gasteiger partial charge on any atom is -0.355 e. The number of halogens is 1. The topological polar surface area (TPSA) is 58.1 Å². The molecule has 28 heavy (non-hydrogen) atoms. The van der Waals surface area contributed by atoms with Crippen LogP contribution in [0.1, 0.15) is 30.2 Å². The number of hydrogen-bond donors (Lipinski definition) is 1. The van der Waals surface area contributed by atoms with Crippen molar-refractivity contribution in [3.05, 3.63) is 46.1 Å². The lowest BCUT2D eigenvalue weighted by Crippen LogP contribution is -2.41. The molecule has 1 aromatic carbocycles. The number of amides is 1. The lowest BCUT2D eigenvalue weighted by Gasteiger charge is -2.33. The van der Waals surface area contributed by atoms with Crippen LogP contribution in [0, 0.1) is 12.8 Å². The molecule has 1 fully saturated rings. The number of rotatable bonds is 4. The quantitative estimate of drug-likeness (QED) is 0.647. The predicted molar refractivity (Wildman–Crippen MR) is 117 cm³/mol. The molecule has 5 nitrogen and oxygen atoms in total. The van der Waals surface area contributed by atoms with Crippen molar-refractivity contribution in [2.45, 2.75) is 33.1 Å². The Kier molecular flexibility index (Phi) is 5.51. The van der Waals surface area contributed by atoms with Crippen molar-refractivity contribution in [1.29, 1.82) is 0 Å². The Morgan fingerprint density at radius 3 is 3.00 bits per heavy atom. The predicted octanol–water partition coefficient (Wildman–Crippen LogP) is 5.07. The molecule has 1 N–H and O–H groups in total. The fraction of sp³-hybridized carbons (Fsp3) is 0.381. The number of anilines is 2. The van der Waals surface area contributed by atoms with Gasteiger partial charge in [-0.1, -0.05) is 18.5 Å². The van der Waals surface area contributed by atoms with E-state index >= 15 is 0 Å². The molecule has 1 atom stereocenters. The number of nitrogens with one attached hydrogen (secondary N) is 1. The average molecular weight is 415 g/mol. The van der Waals surface area contributed by atoms with Crippen molar-refractivity contribution < 1.29 is 4.79 Å². The molecule has 1 aliphatic rings. The number of thiophene rings is 1. The number of fused-ring (bicyclic) bond motifs is 1. The Morgan fingerprint density at radius 1 is 1.36 bits per heavy atom. The van der Waals surface area contributed by atoms with Gasteiger partial charge in [0.2, 0.25) is 5.91 Å². The number of aromatic nitrogens is 2. The maximum absolute atomic E-state index is 12.9. The third-order valence-electron chi connectivity index (χ3n) is 5.25. The van der Waals surface area contributed by atoms with E-state index in [1.807, 2.05) is 19.1 Å². The fourth-order valence-electron chi connectivity index (χ4n) is 3.70. The second-order valence-electron chi connectivity index (χ2n) is 7.22. The molecule has 2 aromatic heterocycles. The summed E-state index contributed by atoms with van der Waals surface area (Å²) in [5.41, 5.74) is 1.79. The van der Waals surface area contributed by atoms with Crippen molar-refractivity contribution in [2.24, 2.45) is 5.92 Å². The van der Waals surface area contributed by atoms with Crippen molar-refractivity contribution >= 4 is 50.6 Å². The van der Waals surface area contributed by atoms with Crippen LogP contribution < -0.4 is 10.2 Å². The Bertz CT molecular complexity index is 1020. The van der Waals surface area contributed by atoms with Crippen LogP contribution >= 0.6 is 22.9 Å². The highest BCUT2D eigenvalue weighted by Gasteiger charge is 2.28. The van der Waals surface area contributed by atoms with Gasteiger partial charge in [-0.3, -0.25) is 4.79 Å². The fourth-order valence-corrected chi connectivity index (χ4v) is 4.86. The van der Waals surface area contributed by atoms with E-state index < -0.39 is 0 Å². The zero-order valence-corrected chi connectivity index (χ0v) is 17.6. The van der Waals surface area contributed by atoms with Gasteiger partial charge >= 0.3 is 0 Å². The van der Waals surface area contributed by atoms with E-state index in [0.717, 1.165) is 53.1 Å². The second-order valence-corrected chi connectivity index (χ2v) is 8.77. The Hall–Kier alpha value is -2.18. The Labute approximate surface area is 173 Å². The molecule has 7 heteroatoms. The van der Waals surface area contributed by atoms with Gasteiger partial charge in [0.1, 0.15) is 17.0 Å². The van der Waals surface area contributed by atoms with E-state index in [-0.39, 0.29) is 11.8 Å². The normalized spacial score (nSPS) is 17.1. The number of piperidine rings is 1. The lowest BCUT2D eigenvalue weighted by molar-refractivity contribution is -0.120. The molecule has 0 aliphatic carbocycles. The van der Waals surface area contributed by atoms with Crippen LogP contribution in [0.4, 0.5) is 11.5 Å². The van der Waals surface area contributed by atoms with Gasteiger partial charge in [0, 0.05) is 28.7 Å². The standard InChI is InChI=1S/C21H23ClN4OS/c1-3-16-10-17-19(23-12-24-21(17)28-16)26-8-4-5-14(11-26)20(27)25-18-7-6-15(22)9-13(18)2/h6-7,9-10,12,14H,3-5,8,11H2,1-2H3,(H,25,27)/t14-/m0/s1. The van der Waals surface area contributed by atoms with Crippen LogP contribution in [-0.2, 0) is 11.2 Å². The maximum atomic E-state index is 12.9. The van der Waals surface area contributed by atoms with Gasteiger partial charge in [0.05, 0.1) is 11.3 Å². The zero-order chi connectivity index (χ0) is 19.7. The lowest BCUT2D eigenvalue weighted by atomic mass is 9.96. The van der Waals surface area contributed by atoms with Gasteiger partial charge < -0.3 is 10.2 Å². The van der Waals surface area contributed by atoms with Crippen LogP contribution in [0.15, 0.2) is 30.6 Å². The first-order chi connectivity index (χ1) is 13.5. The molecule has 3 heterocycles. The number of benzene rings is 1. The van der Waals surface area contributed by atoms with Gasteiger partial charge in [0.15, 0.2) is 0 Å². The van der Waals surface area contributed by atoms with Crippen molar-refractivity contribution in [1.82, 2.24) is 9.97 Å². The third kappa shape index (κ3) is 3.84. The van der Waals surface area contributed by atoms with Crippen LogP contribution in [0.3, 0.4) is 0 Å². The van der Waals surface area contributed by atoms with Crippen molar-refractivity contribution in [3.8, 4) is 0 Å². The van der Waals surface area contributed by atoms with Crippen molar-refractivity contribution in [3.63, 3.8) is 0 Å². The van der Waals surface area contributed by atoms with Crippen LogP contribution in [0.25, 0.3) is 10.2 Å². The summed E-state index contributed by atoms with van der Waals surface area (Å²) in [6, 6.07) is 7.72. The highest BCUT2D eigenvalue weighted by atomic mass is 35.5. The summed E-state index contributed by atoms with van der Waals surface area (Å²) >= 11 is 7.74. The van der Waals surface area contributed by atoms with Gasteiger partial charge in [0.25, 0.3) is 0 Å². The first kappa shape index (κ1) is 19.2. The Morgan fingerprint density at radius 2 is 2.21 bits per heavy atom. The van der Waals surface area contributed by atoms with Crippen LogP contribution in [0.5, 0.6) is 0 Å². The summed E-state index contributed by atoms with van der Waals surface area (Å²) in [5, 5.41) is 4.85. The largest absolute Gasteiger partial charge is 0.355 e. The minimum atomic E-state index is -0.0712. The number of carbonyl (C=O) groups is 1. The molecule has 146 valence electrons. The third-order valence-corrected chi connectivity index (χ3v) is 6.67. The van der Waals surface area contributed by atoms with E-state index in [9.17, 15) is 4.79 Å². The molecule has 1 saturated heterocycles. The molecular formula is C21H23ClN4OS. The monoisotopic (exact) mass is 414 g/mol. The summed E-state index contributed by atoms with van der Waals surface area (Å²) in [6.07, 6.45) is 4.47. The van der Waals surface area contributed by atoms with E-state index in [4.69, 9.17) is 11.6 Å². The molecule has 0 radical (unpaired) electrons. The summed E-state index contributed by atoms with van der Waals surface area (Å²) < 4.78 is 0. The SMILES string of the molecule is CCc1cc2c(N3CCC[C@H](C(=O)Nc4ccc(Cl)cc4C)C3)ncnc2s1. The highest BCUT2D eigenvalue weighted by Crippen LogP contribution is 2.33. The minimum absolute atomic E-state index is 0.0555. The van der Waals surface area contributed by atoms with Crippen molar-refractivity contribution in [2.75, 3.05) is 23.3 Å². The highest BCUT2D eigenvalue weighted by molar-refractivity contribution is 7.18. The second kappa shape index (κ2) is 8.05. The number of aryl methyl sites for hydroxylation is 2. The number of nitrogens with zero attached hydrogens (tertiary/aromatic N) is 3. The number of carbonyl (C=O) groups excluding carboxylic acids is 1. The number of hydrogen-bond acceptors (Lipinski definition) is 5. The molecule has 0 bridgehead atoms. The maximum Gasteiger partial charge on any atom is 0.229 e. The van der Waals surface area contributed by atoms with Crippen LogP contribution in [0.2, 0.25) is 5.02 Å². The van der Waals surface area contributed by atoms with Gasteiger partial charge in [-0.2, -0.15) is 0 Å². The first-order valence-electron chi connectivity index (χ1n) is 9.60. The van der Waals surface area contributed by atoms with E-state index in [0.29, 0.717) is 11.6 Å². The molecular weight excluding hydrogens is 392 g/mol. The summed E-state index contributed by atoms with van der Waals surface area (Å²) in [6.45, 7) is 5.68. The molecule has 4 rings (SSSR count). The van der Waals surface area contributed by atoms with Crippen LogP contribution in [-0.4, -0.2) is 29.0 Å². The summed E-state index contributed by atoms with van der Waals surface area (Å²) in [4.78, 5) is 26.4. The molecule has 0 spiro atoms. The molecule has 0 unspecified atom stereocenters. The molecule has 3 aromatic rings. The van der Waals surface area contributed by atoms with Gasteiger partial charge in [-0.25, -0.2) is 9.97 Å². The van der Waals surface area contributed by atoms with E-state index in [2.05, 4.69) is 33.2 Å². The van der Waals surface area contributed by atoms with E-state index in [1.54, 1.807) is 23.7 Å². The van der Waals surface area contributed by atoms with Gasteiger partial charge in [-0.05, 0) is 56.0 Å². The molecule has 1 aliphatic heterocycles. The smallest absolute Gasteiger partial charge is 0.229 e. The first-order valence-corrected chi connectivity index (χ1v) is 10.8. The van der Waals surface area contributed by atoms with E-state index in [1.165, 1.54) is 4.88 Å². The molecule has 0 saturated carbocycles. The summed E-state index contributed by atoms with van der Waals surface area (Å²) in [5.74, 6) is 0.930. The molecule has 1 amide bonds. The Balaban J connectivity index is 1.53. The zero-order valence-electron chi connectivity index (χ0n) is 16.0. The van der Waals surface area contributed by atoms with Gasteiger partial charge in [-0.15, -0.1) is 11.3 Å². The average Bonchev–Trinajstić information content (AvgIpc) is 3.13. The summed E-state index contributed by atoms with van der Waals surface area (Å²) in [7, 11) is 0.